The maximum Gasteiger partial charge on any atom is 0.292 e. The lowest BCUT2D eigenvalue weighted by atomic mass is 10.2. The van der Waals surface area contributed by atoms with Gasteiger partial charge in [-0.1, -0.05) is 12.1 Å². The third-order valence-electron chi connectivity index (χ3n) is 2.80. The summed E-state index contributed by atoms with van der Waals surface area (Å²) in [5, 5.41) is 19.6. The Hall–Kier alpha value is -2.60. The van der Waals surface area contributed by atoms with Gasteiger partial charge in [0.2, 0.25) is 0 Å². The van der Waals surface area contributed by atoms with Crippen LogP contribution >= 0.6 is 0 Å². The Morgan fingerprint density at radius 3 is 2.35 bits per heavy atom. The number of anilines is 1. The Labute approximate surface area is 115 Å². The molecule has 0 aromatic heterocycles. The quantitative estimate of drug-likeness (QED) is 0.495. The lowest BCUT2D eigenvalue weighted by molar-refractivity contribution is -0.383. The molecular weight excluding hydrogens is 260 g/mol. The second kappa shape index (κ2) is 6.03. The van der Waals surface area contributed by atoms with Gasteiger partial charge in [0.1, 0.15) is 18.0 Å². The molecule has 0 fully saturated rings. The van der Waals surface area contributed by atoms with Gasteiger partial charge in [0.05, 0.1) is 11.5 Å². The molecule has 0 atom stereocenters. The summed E-state index contributed by atoms with van der Waals surface area (Å²) in [7, 11) is 0. The molecule has 0 heterocycles. The first kappa shape index (κ1) is 13.8. The fourth-order valence-electron chi connectivity index (χ4n) is 1.72. The van der Waals surface area contributed by atoms with E-state index in [-0.39, 0.29) is 24.6 Å². The zero-order valence-electron chi connectivity index (χ0n) is 10.7. The van der Waals surface area contributed by atoms with E-state index in [0.717, 1.165) is 11.1 Å². The van der Waals surface area contributed by atoms with Crippen molar-refractivity contribution in [2.45, 2.75) is 13.2 Å². The zero-order chi connectivity index (χ0) is 14.5. The van der Waals surface area contributed by atoms with Crippen molar-refractivity contribution in [2.75, 3.05) is 5.73 Å². The number of hydrogen-bond donors (Lipinski definition) is 2. The van der Waals surface area contributed by atoms with Crippen LogP contribution in [0, 0.1) is 10.1 Å². The summed E-state index contributed by atoms with van der Waals surface area (Å²) in [6, 6.07) is 11.5. The number of benzene rings is 2. The number of aliphatic hydroxyl groups is 1. The summed E-state index contributed by atoms with van der Waals surface area (Å²) in [5.41, 5.74) is 7.16. The number of nitrogens with zero attached hydrogens (tertiary/aromatic N) is 1. The van der Waals surface area contributed by atoms with E-state index in [4.69, 9.17) is 15.6 Å². The SMILES string of the molecule is Nc1cc(COc2ccc(CO)cc2)ccc1[N+](=O)[O-]. The fraction of sp³-hybridized carbons (Fsp3) is 0.143. The maximum absolute atomic E-state index is 10.6. The largest absolute Gasteiger partial charge is 0.489 e. The Morgan fingerprint density at radius 2 is 1.80 bits per heavy atom. The smallest absolute Gasteiger partial charge is 0.292 e. The Morgan fingerprint density at radius 1 is 1.15 bits per heavy atom. The number of ether oxygens (including phenoxy) is 1. The average molecular weight is 274 g/mol. The molecule has 2 aromatic carbocycles. The predicted octanol–water partition coefficient (Wildman–Crippen LogP) is 2.25. The highest BCUT2D eigenvalue weighted by atomic mass is 16.6. The molecule has 0 saturated carbocycles. The van der Waals surface area contributed by atoms with Gasteiger partial charge in [-0.15, -0.1) is 0 Å². The average Bonchev–Trinajstić information content (AvgIpc) is 2.45. The number of aliphatic hydroxyl groups excluding tert-OH is 1. The minimum Gasteiger partial charge on any atom is -0.489 e. The molecular formula is C14H14N2O4. The molecule has 6 heteroatoms. The van der Waals surface area contributed by atoms with E-state index in [1.165, 1.54) is 12.1 Å². The molecule has 0 saturated heterocycles. The van der Waals surface area contributed by atoms with Crippen molar-refractivity contribution < 1.29 is 14.8 Å². The number of nitro groups is 1. The first-order valence-electron chi connectivity index (χ1n) is 5.95. The molecule has 0 bridgehead atoms. The highest BCUT2D eigenvalue weighted by Crippen LogP contribution is 2.23. The number of nitrogens with two attached hydrogens (primary N) is 1. The summed E-state index contributed by atoms with van der Waals surface area (Å²) in [6.07, 6.45) is 0. The van der Waals surface area contributed by atoms with E-state index >= 15 is 0 Å². The summed E-state index contributed by atoms with van der Waals surface area (Å²) < 4.78 is 5.54. The second-order valence-corrected chi connectivity index (χ2v) is 4.24. The molecule has 0 aliphatic heterocycles. The summed E-state index contributed by atoms with van der Waals surface area (Å²) in [4.78, 5) is 10.1. The Kier molecular flexibility index (Phi) is 4.17. The minimum atomic E-state index is -0.520. The molecule has 0 aliphatic rings. The summed E-state index contributed by atoms with van der Waals surface area (Å²) in [6.45, 7) is 0.250. The third-order valence-corrected chi connectivity index (χ3v) is 2.80. The zero-order valence-corrected chi connectivity index (χ0v) is 10.7. The van der Waals surface area contributed by atoms with Crippen molar-refractivity contribution in [1.29, 1.82) is 0 Å². The van der Waals surface area contributed by atoms with Crippen LogP contribution in [0.15, 0.2) is 42.5 Å². The first-order valence-corrected chi connectivity index (χ1v) is 5.95. The predicted molar refractivity (Wildman–Crippen MR) is 74.2 cm³/mol. The van der Waals surface area contributed by atoms with Crippen molar-refractivity contribution >= 4 is 11.4 Å². The molecule has 104 valence electrons. The number of hydrogen-bond acceptors (Lipinski definition) is 5. The van der Waals surface area contributed by atoms with Crippen LogP contribution in [-0.2, 0) is 13.2 Å². The third kappa shape index (κ3) is 3.24. The van der Waals surface area contributed by atoms with Crippen molar-refractivity contribution in [3.63, 3.8) is 0 Å². The standard InChI is InChI=1S/C14H14N2O4/c15-13-7-11(3-6-14(13)16(18)19)9-20-12-4-1-10(8-17)2-5-12/h1-7,17H,8-9,15H2. The lowest BCUT2D eigenvalue weighted by Crippen LogP contribution is -2.00. The van der Waals surface area contributed by atoms with Crippen molar-refractivity contribution in [3.8, 4) is 5.75 Å². The molecule has 20 heavy (non-hydrogen) atoms. The maximum atomic E-state index is 10.6. The normalized spacial score (nSPS) is 10.2. The monoisotopic (exact) mass is 274 g/mol. The van der Waals surface area contributed by atoms with Gasteiger partial charge in [0, 0.05) is 6.07 Å². The molecule has 0 unspecified atom stereocenters. The highest BCUT2D eigenvalue weighted by Gasteiger charge is 2.11. The van der Waals surface area contributed by atoms with Crippen LogP contribution in [0.5, 0.6) is 5.75 Å². The lowest BCUT2D eigenvalue weighted by Gasteiger charge is -2.07. The van der Waals surface area contributed by atoms with Crippen molar-refractivity contribution in [1.82, 2.24) is 0 Å². The van der Waals surface area contributed by atoms with Crippen LogP contribution < -0.4 is 10.5 Å². The van der Waals surface area contributed by atoms with Crippen LogP contribution in [0.25, 0.3) is 0 Å². The van der Waals surface area contributed by atoms with Gasteiger partial charge in [-0.3, -0.25) is 10.1 Å². The van der Waals surface area contributed by atoms with Gasteiger partial charge in [0.25, 0.3) is 5.69 Å². The Bertz CT molecular complexity index is 611. The molecule has 3 N–H and O–H groups in total. The van der Waals surface area contributed by atoms with Gasteiger partial charge in [-0.2, -0.15) is 0 Å². The molecule has 2 aromatic rings. The van der Waals surface area contributed by atoms with Crippen LogP contribution in [0.3, 0.4) is 0 Å². The van der Waals surface area contributed by atoms with Crippen molar-refractivity contribution in [2.24, 2.45) is 0 Å². The number of rotatable bonds is 5. The van der Waals surface area contributed by atoms with Gasteiger partial charge in [-0.25, -0.2) is 0 Å². The fourth-order valence-corrected chi connectivity index (χ4v) is 1.72. The summed E-state index contributed by atoms with van der Waals surface area (Å²) >= 11 is 0. The number of nitro benzene ring substituents is 1. The minimum absolute atomic E-state index is 0.0147. The van der Waals surface area contributed by atoms with Crippen LogP contribution in [0.2, 0.25) is 0 Å². The molecule has 0 aliphatic carbocycles. The molecule has 0 amide bonds. The van der Waals surface area contributed by atoms with E-state index < -0.39 is 4.92 Å². The molecule has 2 rings (SSSR count). The molecule has 0 radical (unpaired) electrons. The first-order chi connectivity index (χ1) is 9.60. The van der Waals surface area contributed by atoms with Crippen LogP contribution in [0.4, 0.5) is 11.4 Å². The van der Waals surface area contributed by atoms with Crippen LogP contribution in [-0.4, -0.2) is 10.0 Å². The van der Waals surface area contributed by atoms with E-state index in [9.17, 15) is 10.1 Å². The van der Waals surface area contributed by atoms with Crippen LogP contribution in [0.1, 0.15) is 11.1 Å². The van der Waals surface area contributed by atoms with E-state index in [1.54, 1.807) is 30.3 Å². The Balaban J connectivity index is 2.03. The topological polar surface area (TPSA) is 98.6 Å². The number of nitrogen functional groups attached to an aromatic ring is 1. The summed E-state index contributed by atoms with van der Waals surface area (Å²) in [5.74, 6) is 0.652. The van der Waals surface area contributed by atoms with E-state index in [1.807, 2.05) is 0 Å². The van der Waals surface area contributed by atoms with Crippen molar-refractivity contribution in [3.05, 3.63) is 63.7 Å². The van der Waals surface area contributed by atoms with Gasteiger partial charge in [-0.05, 0) is 35.4 Å². The highest BCUT2D eigenvalue weighted by molar-refractivity contribution is 5.59. The van der Waals surface area contributed by atoms with E-state index in [2.05, 4.69) is 0 Å². The van der Waals surface area contributed by atoms with Gasteiger partial charge >= 0.3 is 0 Å². The molecule has 6 nitrogen and oxygen atoms in total. The molecule has 0 spiro atoms. The second-order valence-electron chi connectivity index (χ2n) is 4.24. The van der Waals surface area contributed by atoms with Gasteiger partial charge < -0.3 is 15.6 Å². The van der Waals surface area contributed by atoms with Gasteiger partial charge in [0.15, 0.2) is 0 Å². The van der Waals surface area contributed by atoms with E-state index in [0.29, 0.717) is 5.75 Å².